The highest BCUT2D eigenvalue weighted by molar-refractivity contribution is 6.03. The van der Waals surface area contributed by atoms with Gasteiger partial charge in [-0.3, -0.25) is 9.59 Å². The second kappa shape index (κ2) is 9.59. The van der Waals surface area contributed by atoms with Crippen LogP contribution in [0, 0.1) is 0 Å². The lowest BCUT2D eigenvalue weighted by atomic mass is 10.1. The molecule has 1 N–H and O–H groups in total. The van der Waals surface area contributed by atoms with Crippen LogP contribution >= 0.6 is 0 Å². The molecule has 0 heterocycles. The SMILES string of the molecule is CCOc1ccccc1OCC(=O)N(C)CC(=O)Nc1cccc2ccccc12. The van der Waals surface area contributed by atoms with Gasteiger partial charge < -0.3 is 19.7 Å². The molecule has 0 aliphatic carbocycles. The number of para-hydroxylation sites is 2. The molecule has 150 valence electrons. The Morgan fingerprint density at radius 1 is 0.897 bits per heavy atom. The lowest BCUT2D eigenvalue weighted by Gasteiger charge is -2.18. The summed E-state index contributed by atoms with van der Waals surface area (Å²) in [5.74, 6) is 0.506. The molecular formula is C23H24N2O4. The molecule has 0 atom stereocenters. The summed E-state index contributed by atoms with van der Waals surface area (Å²) >= 11 is 0. The quantitative estimate of drug-likeness (QED) is 0.635. The highest BCUT2D eigenvalue weighted by Gasteiger charge is 2.15. The number of hydrogen-bond donors (Lipinski definition) is 1. The third kappa shape index (κ3) is 5.25. The van der Waals surface area contributed by atoms with E-state index in [9.17, 15) is 9.59 Å². The van der Waals surface area contributed by atoms with Crippen LogP contribution in [0.1, 0.15) is 6.92 Å². The first-order chi connectivity index (χ1) is 14.1. The number of carbonyl (C=O) groups excluding carboxylic acids is 2. The van der Waals surface area contributed by atoms with Gasteiger partial charge in [-0.15, -0.1) is 0 Å². The molecule has 0 spiro atoms. The Hall–Kier alpha value is -3.54. The molecule has 0 aliphatic heterocycles. The van der Waals surface area contributed by atoms with Crippen LogP contribution in [0.2, 0.25) is 0 Å². The second-order valence-corrected chi connectivity index (χ2v) is 6.49. The van der Waals surface area contributed by atoms with E-state index in [4.69, 9.17) is 9.47 Å². The highest BCUT2D eigenvalue weighted by atomic mass is 16.5. The average Bonchev–Trinajstić information content (AvgIpc) is 2.73. The third-order valence-electron chi connectivity index (χ3n) is 4.37. The average molecular weight is 392 g/mol. The fourth-order valence-electron chi connectivity index (χ4n) is 2.92. The Bertz CT molecular complexity index is 998. The Morgan fingerprint density at radius 3 is 2.31 bits per heavy atom. The first-order valence-electron chi connectivity index (χ1n) is 9.44. The predicted molar refractivity (Wildman–Crippen MR) is 113 cm³/mol. The van der Waals surface area contributed by atoms with Gasteiger partial charge in [0.2, 0.25) is 5.91 Å². The first-order valence-corrected chi connectivity index (χ1v) is 9.44. The largest absolute Gasteiger partial charge is 0.490 e. The van der Waals surface area contributed by atoms with Crippen molar-refractivity contribution in [2.24, 2.45) is 0 Å². The van der Waals surface area contributed by atoms with Crippen LogP contribution in [0.25, 0.3) is 10.8 Å². The number of benzene rings is 3. The van der Waals surface area contributed by atoms with E-state index in [-0.39, 0.29) is 25.0 Å². The van der Waals surface area contributed by atoms with Crippen molar-refractivity contribution in [2.45, 2.75) is 6.92 Å². The van der Waals surface area contributed by atoms with Crippen molar-refractivity contribution in [1.29, 1.82) is 0 Å². The molecule has 0 aromatic heterocycles. The molecule has 0 saturated carbocycles. The van der Waals surface area contributed by atoms with Gasteiger partial charge in [-0.25, -0.2) is 0 Å². The van der Waals surface area contributed by atoms with Crippen molar-refractivity contribution in [3.63, 3.8) is 0 Å². The van der Waals surface area contributed by atoms with Gasteiger partial charge in [0.1, 0.15) is 0 Å². The molecule has 0 radical (unpaired) electrons. The zero-order valence-corrected chi connectivity index (χ0v) is 16.6. The van der Waals surface area contributed by atoms with E-state index >= 15 is 0 Å². The van der Waals surface area contributed by atoms with Crippen LogP contribution < -0.4 is 14.8 Å². The summed E-state index contributed by atoms with van der Waals surface area (Å²) < 4.78 is 11.1. The van der Waals surface area contributed by atoms with Crippen molar-refractivity contribution in [2.75, 3.05) is 32.1 Å². The van der Waals surface area contributed by atoms with Gasteiger partial charge in [-0.05, 0) is 30.5 Å². The number of anilines is 1. The van der Waals surface area contributed by atoms with Gasteiger partial charge >= 0.3 is 0 Å². The van der Waals surface area contributed by atoms with Crippen LogP contribution in [-0.4, -0.2) is 43.5 Å². The smallest absolute Gasteiger partial charge is 0.260 e. The fourth-order valence-corrected chi connectivity index (χ4v) is 2.92. The molecule has 0 bridgehead atoms. The van der Waals surface area contributed by atoms with Crippen LogP contribution in [0.4, 0.5) is 5.69 Å². The van der Waals surface area contributed by atoms with Crippen LogP contribution in [0.15, 0.2) is 66.7 Å². The van der Waals surface area contributed by atoms with Gasteiger partial charge in [0.05, 0.1) is 13.2 Å². The van der Waals surface area contributed by atoms with E-state index in [0.29, 0.717) is 18.1 Å². The Kier molecular flexibility index (Phi) is 6.68. The number of fused-ring (bicyclic) bond motifs is 1. The van der Waals surface area contributed by atoms with Gasteiger partial charge in [0.15, 0.2) is 18.1 Å². The molecule has 3 aromatic carbocycles. The Morgan fingerprint density at radius 2 is 1.55 bits per heavy atom. The van der Waals surface area contributed by atoms with E-state index in [1.165, 1.54) is 4.90 Å². The van der Waals surface area contributed by atoms with Gasteiger partial charge in [0.25, 0.3) is 5.91 Å². The minimum Gasteiger partial charge on any atom is -0.490 e. The molecular weight excluding hydrogens is 368 g/mol. The molecule has 3 rings (SSSR count). The lowest BCUT2D eigenvalue weighted by Crippen LogP contribution is -2.37. The van der Waals surface area contributed by atoms with Crippen molar-refractivity contribution in [3.8, 4) is 11.5 Å². The lowest BCUT2D eigenvalue weighted by molar-refractivity contribution is -0.135. The zero-order chi connectivity index (χ0) is 20.6. The number of nitrogens with one attached hydrogen (secondary N) is 1. The molecule has 2 amide bonds. The topological polar surface area (TPSA) is 67.9 Å². The summed E-state index contributed by atoms with van der Waals surface area (Å²) in [4.78, 5) is 26.1. The molecule has 0 saturated heterocycles. The minimum atomic E-state index is -0.302. The first kappa shape index (κ1) is 20.2. The number of amides is 2. The molecule has 0 aliphatic rings. The third-order valence-corrected chi connectivity index (χ3v) is 4.37. The number of rotatable bonds is 8. The number of hydrogen-bond acceptors (Lipinski definition) is 4. The maximum atomic E-state index is 12.4. The van der Waals surface area contributed by atoms with Crippen molar-refractivity contribution in [1.82, 2.24) is 4.90 Å². The van der Waals surface area contributed by atoms with Crippen LogP contribution in [0.5, 0.6) is 11.5 Å². The molecule has 3 aromatic rings. The van der Waals surface area contributed by atoms with E-state index in [1.54, 1.807) is 19.2 Å². The maximum Gasteiger partial charge on any atom is 0.260 e. The standard InChI is InChI=1S/C23H24N2O4/c1-3-28-20-13-6-7-14-21(20)29-16-23(27)25(2)15-22(26)24-19-12-8-10-17-9-4-5-11-18(17)19/h4-14H,3,15-16H2,1-2H3,(H,24,26). The van der Waals surface area contributed by atoms with Gasteiger partial charge in [0, 0.05) is 18.1 Å². The second-order valence-electron chi connectivity index (χ2n) is 6.49. The summed E-state index contributed by atoms with van der Waals surface area (Å²) in [6.07, 6.45) is 0. The molecule has 29 heavy (non-hydrogen) atoms. The molecule has 0 fully saturated rings. The number of likely N-dealkylation sites (N-methyl/N-ethyl adjacent to an activating group) is 1. The molecule has 6 heteroatoms. The maximum absolute atomic E-state index is 12.4. The normalized spacial score (nSPS) is 10.4. The summed E-state index contributed by atoms with van der Waals surface area (Å²) in [6, 6.07) is 20.7. The number of ether oxygens (including phenoxy) is 2. The Balaban J connectivity index is 1.56. The van der Waals surface area contributed by atoms with E-state index in [1.807, 2.05) is 61.5 Å². The van der Waals surface area contributed by atoms with E-state index in [2.05, 4.69) is 5.32 Å². The van der Waals surface area contributed by atoms with Gasteiger partial charge in [-0.2, -0.15) is 0 Å². The predicted octanol–water partition coefficient (Wildman–Crippen LogP) is 3.71. The molecule has 0 unspecified atom stereocenters. The van der Waals surface area contributed by atoms with Crippen LogP contribution in [-0.2, 0) is 9.59 Å². The van der Waals surface area contributed by atoms with E-state index < -0.39 is 0 Å². The van der Waals surface area contributed by atoms with Crippen molar-refractivity contribution >= 4 is 28.3 Å². The highest BCUT2D eigenvalue weighted by Crippen LogP contribution is 2.26. The van der Waals surface area contributed by atoms with Crippen molar-refractivity contribution in [3.05, 3.63) is 66.7 Å². The summed E-state index contributed by atoms with van der Waals surface area (Å²) in [5.41, 5.74) is 0.718. The summed E-state index contributed by atoms with van der Waals surface area (Å²) in [5, 5.41) is 4.87. The number of carbonyl (C=O) groups is 2. The van der Waals surface area contributed by atoms with Crippen LogP contribution in [0.3, 0.4) is 0 Å². The van der Waals surface area contributed by atoms with Gasteiger partial charge in [-0.1, -0.05) is 48.5 Å². The minimum absolute atomic E-state index is 0.0709. The zero-order valence-electron chi connectivity index (χ0n) is 16.6. The summed E-state index contributed by atoms with van der Waals surface area (Å²) in [7, 11) is 1.57. The molecule has 6 nitrogen and oxygen atoms in total. The Labute approximate surface area is 170 Å². The summed E-state index contributed by atoms with van der Waals surface area (Å²) in [6.45, 7) is 2.13. The number of nitrogens with zero attached hydrogens (tertiary/aromatic N) is 1. The van der Waals surface area contributed by atoms with E-state index in [0.717, 1.165) is 16.5 Å². The monoisotopic (exact) mass is 392 g/mol. The van der Waals surface area contributed by atoms with Crippen molar-refractivity contribution < 1.29 is 19.1 Å². The fraction of sp³-hybridized carbons (Fsp3) is 0.217.